The van der Waals surface area contributed by atoms with E-state index in [1.807, 2.05) is 0 Å². The molecular formula is C4H7O7P. The van der Waals surface area contributed by atoms with Crippen LogP contribution in [0.1, 0.15) is 0 Å². The molecule has 2 N–H and O–H groups in total. The molecule has 0 aliphatic carbocycles. The summed E-state index contributed by atoms with van der Waals surface area (Å²) in [4.78, 5) is 22.4. The summed E-state index contributed by atoms with van der Waals surface area (Å²) in [5, 5.41) is 8.16. The van der Waals surface area contributed by atoms with Gasteiger partial charge >= 0.3 is 13.8 Å². The lowest BCUT2D eigenvalue weighted by Crippen LogP contribution is -2.03. The van der Waals surface area contributed by atoms with Crippen LogP contribution in [-0.2, 0) is 23.4 Å². The highest BCUT2D eigenvalue weighted by atomic mass is 31.2. The van der Waals surface area contributed by atoms with Crippen molar-refractivity contribution < 1.29 is 33.4 Å². The Balaban J connectivity index is 4.15. The van der Waals surface area contributed by atoms with Crippen LogP contribution in [0.15, 0.2) is 12.3 Å². The van der Waals surface area contributed by atoms with Crippen LogP contribution < -0.4 is 0 Å². The van der Waals surface area contributed by atoms with Crippen LogP contribution >= 0.6 is 7.82 Å². The molecule has 0 aliphatic rings. The van der Waals surface area contributed by atoms with Gasteiger partial charge in [0.2, 0.25) is 5.76 Å². The molecule has 70 valence electrons. The Kier molecular flexibility index (Phi) is 3.91. The maximum absolute atomic E-state index is 10.6. The Labute approximate surface area is 67.7 Å². The summed E-state index contributed by atoms with van der Waals surface area (Å²) < 4.78 is 18.2. The lowest BCUT2D eigenvalue weighted by Gasteiger charge is -2.08. The van der Waals surface area contributed by atoms with Crippen molar-refractivity contribution in [3.63, 3.8) is 0 Å². The SMILES string of the molecule is C=C(OP(=O)(O)OOC)C(=O)O. The summed E-state index contributed by atoms with van der Waals surface area (Å²) in [5.74, 6) is -2.47. The predicted molar refractivity (Wildman–Crippen MR) is 35.8 cm³/mol. The van der Waals surface area contributed by atoms with E-state index in [0.29, 0.717) is 0 Å². The van der Waals surface area contributed by atoms with Gasteiger partial charge in [-0.3, -0.25) is 4.89 Å². The molecule has 7 nitrogen and oxygen atoms in total. The average Bonchev–Trinajstić information content (AvgIpc) is 1.85. The molecular weight excluding hydrogens is 191 g/mol. The van der Waals surface area contributed by atoms with Crippen molar-refractivity contribution in [1.29, 1.82) is 0 Å². The van der Waals surface area contributed by atoms with E-state index in [1.165, 1.54) is 0 Å². The van der Waals surface area contributed by atoms with Crippen LogP contribution in [0.4, 0.5) is 0 Å². The molecule has 0 aromatic rings. The fourth-order valence-electron chi connectivity index (χ4n) is 0.288. The Morgan fingerprint density at radius 2 is 2.08 bits per heavy atom. The molecule has 0 saturated carbocycles. The van der Waals surface area contributed by atoms with E-state index in [1.54, 1.807) is 0 Å². The van der Waals surface area contributed by atoms with Crippen molar-refractivity contribution in [2.45, 2.75) is 0 Å². The molecule has 0 aromatic heterocycles. The van der Waals surface area contributed by atoms with Crippen LogP contribution in [0.25, 0.3) is 0 Å². The molecule has 0 amide bonds. The monoisotopic (exact) mass is 198 g/mol. The smallest absolute Gasteiger partial charge is 0.475 e. The first-order chi connectivity index (χ1) is 5.39. The number of rotatable bonds is 5. The third kappa shape index (κ3) is 4.09. The van der Waals surface area contributed by atoms with Gasteiger partial charge in [0.1, 0.15) is 0 Å². The zero-order chi connectivity index (χ0) is 9.78. The first-order valence-corrected chi connectivity index (χ1v) is 4.05. The standard InChI is InChI=1S/C4H7O7P/c1-3(4(5)6)10-12(7,8)11-9-2/h1H2,2H3,(H,5,6)(H,7,8). The molecule has 1 unspecified atom stereocenters. The van der Waals surface area contributed by atoms with Gasteiger partial charge in [0, 0.05) is 0 Å². The van der Waals surface area contributed by atoms with E-state index in [2.05, 4.69) is 20.7 Å². The number of carbonyl (C=O) groups is 1. The Morgan fingerprint density at radius 3 is 2.42 bits per heavy atom. The van der Waals surface area contributed by atoms with Crippen molar-refractivity contribution in [3.8, 4) is 0 Å². The van der Waals surface area contributed by atoms with Crippen LogP contribution in [0.5, 0.6) is 0 Å². The third-order valence-electron chi connectivity index (χ3n) is 0.633. The molecule has 0 rings (SSSR count). The lowest BCUT2D eigenvalue weighted by molar-refractivity contribution is -0.196. The summed E-state index contributed by atoms with van der Waals surface area (Å²) in [5.41, 5.74) is 0. The Bertz CT molecular complexity index is 234. The second kappa shape index (κ2) is 4.22. The maximum Gasteiger partial charge on any atom is 0.555 e. The molecule has 0 heterocycles. The van der Waals surface area contributed by atoms with Crippen molar-refractivity contribution in [3.05, 3.63) is 12.3 Å². The molecule has 0 fully saturated rings. The number of hydrogen-bond donors (Lipinski definition) is 2. The van der Waals surface area contributed by atoms with Gasteiger partial charge in [-0.25, -0.2) is 14.2 Å². The quantitative estimate of drug-likeness (QED) is 0.215. The van der Waals surface area contributed by atoms with Gasteiger partial charge in [0.15, 0.2) is 0 Å². The summed E-state index contributed by atoms with van der Waals surface area (Å²) in [6, 6.07) is 0. The normalized spacial score (nSPS) is 14.8. The van der Waals surface area contributed by atoms with Crippen molar-refractivity contribution >= 4 is 13.8 Å². The third-order valence-corrected chi connectivity index (χ3v) is 1.42. The van der Waals surface area contributed by atoms with Crippen LogP contribution in [-0.4, -0.2) is 23.1 Å². The van der Waals surface area contributed by atoms with E-state index in [-0.39, 0.29) is 0 Å². The molecule has 1 atom stereocenters. The van der Waals surface area contributed by atoms with Crippen molar-refractivity contribution in [1.82, 2.24) is 0 Å². The van der Waals surface area contributed by atoms with E-state index in [4.69, 9.17) is 10.00 Å². The van der Waals surface area contributed by atoms with Gasteiger partial charge in [0.05, 0.1) is 7.11 Å². The van der Waals surface area contributed by atoms with Crippen LogP contribution in [0.3, 0.4) is 0 Å². The van der Waals surface area contributed by atoms with Gasteiger partial charge in [-0.1, -0.05) is 0 Å². The highest BCUT2D eigenvalue weighted by molar-refractivity contribution is 7.47. The Morgan fingerprint density at radius 1 is 1.58 bits per heavy atom. The zero-order valence-electron chi connectivity index (χ0n) is 6.09. The molecule has 0 aliphatic heterocycles. The minimum absolute atomic E-state index is 0.905. The molecule has 0 saturated heterocycles. The van der Waals surface area contributed by atoms with Gasteiger partial charge in [-0.2, -0.15) is 0 Å². The van der Waals surface area contributed by atoms with Gasteiger partial charge < -0.3 is 9.63 Å². The molecule has 0 bridgehead atoms. The van der Waals surface area contributed by atoms with Gasteiger partial charge in [0.25, 0.3) is 0 Å². The van der Waals surface area contributed by atoms with E-state index < -0.39 is 19.6 Å². The summed E-state index contributed by atoms with van der Waals surface area (Å²) in [6.07, 6.45) is 0. The lowest BCUT2D eigenvalue weighted by atomic mass is 10.6. The summed E-state index contributed by atoms with van der Waals surface area (Å²) in [7, 11) is -3.54. The number of phosphoric acid groups is 1. The molecule has 8 heteroatoms. The van der Waals surface area contributed by atoms with E-state index in [9.17, 15) is 9.36 Å². The second-order valence-electron chi connectivity index (χ2n) is 1.53. The van der Waals surface area contributed by atoms with Gasteiger partial charge in [-0.15, -0.1) is 4.67 Å². The second-order valence-corrected chi connectivity index (χ2v) is 2.80. The van der Waals surface area contributed by atoms with E-state index >= 15 is 0 Å². The first-order valence-electron chi connectivity index (χ1n) is 2.56. The minimum atomic E-state index is -4.51. The number of aliphatic carboxylic acids is 1. The summed E-state index contributed by atoms with van der Waals surface area (Å²) >= 11 is 0. The number of hydrogen-bond acceptors (Lipinski definition) is 5. The highest BCUT2D eigenvalue weighted by Gasteiger charge is 2.26. The highest BCUT2D eigenvalue weighted by Crippen LogP contribution is 2.45. The van der Waals surface area contributed by atoms with Crippen LogP contribution in [0, 0.1) is 0 Å². The summed E-state index contributed by atoms with van der Waals surface area (Å²) in [6.45, 7) is 2.83. The van der Waals surface area contributed by atoms with Gasteiger partial charge in [-0.05, 0) is 6.58 Å². The van der Waals surface area contributed by atoms with Crippen molar-refractivity contribution in [2.75, 3.05) is 7.11 Å². The molecule has 0 spiro atoms. The zero-order valence-corrected chi connectivity index (χ0v) is 6.98. The maximum atomic E-state index is 10.6. The minimum Gasteiger partial charge on any atom is -0.475 e. The first kappa shape index (κ1) is 11.1. The topological polar surface area (TPSA) is 102 Å². The molecule has 12 heavy (non-hydrogen) atoms. The average molecular weight is 198 g/mol. The largest absolute Gasteiger partial charge is 0.555 e. The number of carboxylic acids is 1. The van der Waals surface area contributed by atoms with E-state index in [0.717, 1.165) is 7.11 Å². The molecule has 0 radical (unpaired) electrons. The number of phosphoric ester groups is 1. The fourth-order valence-corrected chi connectivity index (χ4v) is 0.863. The fraction of sp³-hybridized carbons (Fsp3) is 0.250. The number of carboxylic acid groups (broad SMARTS) is 1. The molecule has 0 aromatic carbocycles. The predicted octanol–water partition coefficient (Wildman–Crippen LogP) is 0.280. The van der Waals surface area contributed by atoms with Crippen molar-refractivity contribution in [2.24, 2.45) is 0 Å². The Hall–Kier alpha value is -0.880. The van der Waals surface area contributed by atoms with Crippen LogP contribution in [0.2, 0.25) is 0 Å².